The van der Waals surface area contributed by atoms with Crippen molar-refractivity contribution in [2.45, 2.75) is 51.0 Å². The van der Waals surface area contributed by atoms with E-state index in [9.17, 15) is 14.4 Å². The van der Waals surface area contributed by atoms with Crippen molar-refractivity contribution in [3.63, 3.8) is 0 Å². The van der Waals surface area contributed by atoms with Crippen molar-refractivity contribution < 1.29 is 19.1 Å². The Morgan fingerprint density at radius 2 is 1.86 bits per heavy atom. The summed E-state index contributed by atoms with van der Waals surface area (Å²) in [7, 11) is 1.54. The Balaban J connectivity index is 1.58. The molecule has 7 heteroatoms. The molecule has 3 unspecified atom stereocenters. The van der Waals surface area contributed by atoms with Gasteiger partial charge in [-0.15, -0.1) is 0 Å². The lowest BCUT2D eigenvalue weighted by Crippen LogP contribution is -2.50. The predicted molar refractivity (Wildman–Crippen MR) is 110 cm³/mol. The molecule has 1 saturated heterocycles. The summed E-state index contributed by atoms with van der Waals surface area (Å²) in [6, 6.07) is 7.10. The lowest BCUT2D eigenvalue weighted by molar-refractivity contribution is -0.135. The first-order valence-electron chi connectivity index (χ1n) is 10.6. The van der Waals surface area contributed by atoms with Gasteiger partial charge in [-0.05, 0) is 43.7 Å². The quantitative estimate of drug-likeness (QED) is 0.636. The fraction of sp³-hybridized carbons (Fsp3) is 0.591. The van der Waals surface area contributed by atoms with Crippen LogP contribution in [0.5, 0.6) is 5.75 Å². The number of hydrogen-bond donors (Lipinski definition) is 3. The Morgan fingerprint density at radius 3 is 2.69 bits per heavy atom. The minimum Gasteiger partial charge on any atom is -0.496 e. The molecule has 3 atom stereocenters. The Labute approximate surface area is 172 Å². The zero-order chi connectivity index (χ0) is 20.6. The van der Waals surface area contributed by atoms with Crippen LogP contribution >= 0.6 is 0 Å². The van der Waals surface area contributed by atoms with Crippen LogP contribution in [-0.4, -0.2) is 44.0 Å². The molecule has 1 aliphatic heterocycles. The number of carbonyl (C=O) groups is 3. The number of benzene rings is 1. The van der Waals surface area contributed by atoms with Gasteiger partial charge in [0.2, 0.25) is 11.8 Å². The van der Waals surface area contributed by atoms with Crippen LogP contribution < -0.4 is 20.7 Å². The van der Waals surface area contributed by atoms with Crippen LogP contribution in [0, 0.1) is 11.8 Å². The number of ether oxygens (including phenoxy) is 1. The Bertz CT molecular complexity index is 737. The number of amides is 3. The molecule has 1 aromatic carbocycles. The van der Waals surface area contributed by atoms with E-state index < -0.39 is 5.92 Å². The monoisotopic (exact) mass is 401 g/mol. The van der Waals surface area contributed by atoms with Crippen LogP contribution in [0.3, 0.4) is 0 Å². The highest BCUT2D eigenvalue weighted by atomic mass is 16.5. The molecular weight excluding hydrogens is 370 g/mol. The second kappa shape index (κ2) is 10.3. The summed E-state index contributed by atoms with van der Waals surface area (Å²) in [6.45, 7) is 1.13. The van der Waals surface area contributed by atoms with E-state index in [1.165, 1.54) is 0 Å². The standard InChI is InChI=1S/C22H31N3O4/c1-29-19-12-5-3-9-16(19)20(26)24-14-15-8-2-4-11-18(15)25-22(28)17-10-6-7-13-23-21(17)27/h3,5,9,12,15,17-18H,2,4,6-8,10-11,13-14H2,1H3,(H,23,27)(H,24,26)(H,25,28). The highest BCUT2D eigenvalue weighted by Crippen LogP contribution is 2.25. The first-order chi connectivity index (χ1) is 14.1. The van der Waals surface area contributed by atoms with Crippen molar-refractivity contribution in [3.8, 4) is 5.75 Å². The highest BCUT2D eigenvalue weighted by molar-refractivity contribution is 6.00. The van der Waals surface area contributed by atoms with Gasteiger partial charge < -0.3 is 20.7 Å². The maximum atomic E-state index is 12.7. The van der Waals surface area contributed by atoms with Gasteiger partial charge in [0.05, 0.1) is 12.7 Å². The molecule has 1 saturated carbocycles. The van der Waals surface area contributed by atoms with Crippen LogP contribution in [0.25, 0.3) is 0 Å². The van der Waals surface area contributed by atoms with Gasteiger partial charge in [-0.25, -0.2) is 0 Å². The second-order valence-electron chi connectivity index (χ2n) is 7.91. The summed E-state index contributed by atoms with van der Waals surface area (Å²) in [6.07, 6.45) is 6.31. The van der Waals surface area contributed by atoms with Crippen LogP contribution in [0.1, 0.15) is 55.3 Å². The molecule has 7 nitrogen and oxygen atoms in total. The maximum absolute atomic E-state index is 12.7. The van der Waals surface area contributed by atoms with E-state index in [1.807, 2.05) is 6.07 Å². The lowest BCUT2D eigenvalue weighted by Gasteiger charge is -2.33. The summed E-state index contributed by atoms with van der Waals surface area (Å²) in [5.41, 5.74) is 0.501. The van der Waals surface area contributed by atoms with Crippen LogP contribution in [0.2, 0.25) is 0 Å². The number of methoxy groups -OCH3 is 1. The van der Waals surface area contributed by atoms with Gasteiger partial charge in [0.25, 0.3) is 5.91 Å². The molecule has 1 heterocycles. The molecule has 0 radical (unpaired) electrons. The van der Waals surface area contributed by atoms with E-state index in [-0.39, 0.29) is 29.7 Å². The third-order valence-electron chi connectivity index (χ3n) is 5.96. The van der Waals surface area contributed by atoms with Crippen molar-refractivity contribution in [3.05, 3.63) is 29.8 Å². The van der Waals surface area contributed by atoms with E-state index in [1.54, 1.807) is 25.3 Å². The molecule has 2 aliphatic rings. The van der Waals surface area contributed by atoms with Crippen molar-refractivity contribution >= 4 is 17.7 Å². The molecule has 2 fully saturated rings. The van der Waals surface area contributed by atoms with Crippen LogP contribution in [-0.2, 0) is 9.59 Å². The molecule has 158 valence electrons. The summed E-state index contributed by atoms with van der Waals surface area (Å²) >= 11 is 0. The van der Waals surface area contributed by atoms with Gasteiger partial charge in [0.1, 0.15) is 11.7 Å². The first kappa shape index (κ1) is 21.1. The van der Waals surface area contributed by atoms with E-state index in [0.717, 1.165) is 38.5 Å². The average Bonchev–Trinajstić information content (AvgIpc) is 2.97. The fourth-order valence-corrected chi connectivity index (χ4v) is 4.27. The van der Waals surface area contributed by atoms with Gasteiger partial charge in [0, 0.05) is 19.1 Å². The highest BCUT2D eigenvalue weighted by Gasteiger charge is 2.32. The number of carbonyl (C=O) groups excluding carboxylic acids is 3. The number of hydrogen-bond acceptors (Lipinski definition) is 4. The molecule has 3 rings (SSSR count). The Morgan fingerprint density at radius 1 is 1.10 bits per heavy atom. The first-order valence-corrected chi connectivity index (χ1v) is 10.6. The zero-order valence-electron chi connectivity index (χ0n) is 17.0. The molecule has 3 N–H and O–H groups in total. The normalized spacial score (nSPS) is 24.7. The Hall–Kier alpha value is -2.57. The smallest absolute Gasteiger partial charge is 0.255 e. The second-order valence-corrected chi connectivity index (χ2v) is 7.91. The molecule has 1 aromatic rings. The summed E-state index contributed by atoms with van der Waals surface area (Å²) < 4.78 is 5.26. The molecular formula is C22H31N3O4. The van der Waals surface area contributed by atoms with Gasteiger partial charge in [0.15, 0.2) is 0 Å². The molecule has 0 aromatic heterocycles. The minimum absolute atomic E-state index is 0.0229. The van der Waals surface area contributed by atoms with E-state index >= 15 is 0 Å². The summed E-state index contributed by atoms with van der Waals surface area (Å²) in [5.74, 6) is -0.447. The van der Waals surface area contributed by atoms with Crippen LogP contribution in [0.15, 0.2) is 24.3 Å². The maximum Gasteiger partial charge on any atom is 0.255 e. The van der Waals surface area contributed by atoms with Gasteiger partial charge in [-0.2, -0.15) is 0 Å². The lowest BCUT2D eigenvalue weighted by atomic mass is 9.84. The molecule has 0 bridgehead atoms. The molecule has 1 aliphatic carbocycles. The topological polar surface area (TPSA) is 96.5 Å². The summed E-state index contributed by atoms with van der Waals surface area (Å²) in [5, 5.41) is 8.93. The number of para-hydroxylation sites is 1. The van der Waals surface area contributed by atoms with Crippen molar-refractivity contribution in [2.75, 3.05) is 20.2 Å². The SMILES string of the molecule is COc1ccccc1C(=O)NCC1CCCCC1NC(=O)C1CCCCNC1=O. The van der Waals surface area contributed by atoms with E-state index in [4.69, 9.17) is 4.74 Å². The third-order valence-corrected chi connectivity index (χ3v) is 5.96. The average molecular weight is 402 g/mol. The summed E-state index contributed by atoms with van der Waals surface area (Å²) in [4.78, 5) is 37.5. The number of rotatable bonds is 6. The minimum atomic E-state index is -0.608. The van der Waals surface area contributed by atoms with Gasteiger partial charge in [-0.1, -0.05) is 31.4 Å². The molecule has 3 amide bonds. The Kier molecular flexibility index (Phi) is 7.49. The van der Waals surface area contributed by atoms with Gasteiger partial charge >= 0.3 is 0 Å². The van der Waals surface area contributed by atoms with Gasteiger partial charge in [-0.3, -0.25) is 14.4 Å². The van der Waals surface area contributed by atoms with Crippen molar-refractivity contribution in [1.29, 1.82) is 0 Å². The van der Waals surface area contributed by atoms with Crippen LogP contribution in [0.4, 0.5) is 0 Å². The zero-order valence-corrected chi connectivity index (χ0v) is 17.0. The van der Waals surface area contributed by atoms with Crippen molar-refractivity contribution in [1.82, 2.24) is 16.0 Å². The van der Waals surface area contributed by atoms with E-state index in [2.05, 4.69) is 16.0 Å². The fourth-order valence-electron chi connectivity index (χ4n) is 4.27. The van der Waals surface area contributed by atoms with Crippen molar-refractivity contribution in [2.24, 2.45) is 11.8 Å². The predicted octanol–water partition coefficient (Wildman–Crippen LogP) is 2.02. The molecule has 0 spiro atoms. The van der Waals surface area contributed by atoms with E-state index in [0.29, 0.717) is 30.8 Å². The number of nitrogens with one attached hydrogen (secondary N) is 3. The molecule has 29 heavy (non-hydrogen) atoms. The third kappa shape index (κ3) is 5.49. The largest absolute Gasteiger partial charge is 0.496 e.